The predicted octanol–water partition coefficient (Wildman–Crippen LogP) is 1.73. The fourth-order valence-electron chi connectivity index (χ4n) is 3.02. The Labute approximate surface area is 140 Å². The smallest absolute Gasteiger partial charge is 0.276 e. The minimum atomic E-state index is -3.42. The van der Waals surface area contributed by atoms with Crippen LogP contribution < -0.4 is 0 Å². The molecule has 24 heavy (non-hydrogen) atoms. The molecule has 1 N–H and O–H groups in total. The van der Waals surface area contributed by atoms with Gasteiger partial charge in [0.1, 0.15) is 10.7 Å². The second-order valence-electron chi connectivity index (χ2n) is 5.96. The molecule has 3 rings (SSSR count). The van der Waals surface area contributed by atoms with Crippen LogP contribution in [0.3, 0.4) is 0 Å². The van der Waals surface area contributed by atoms with Crippen LogP contribution in [-0.4, -0.2) is 47.4 Å². The lowest BCUT2D eigenvalue weighted by Gasteiger charge is -2.34. The molecule has 0 spiro atoms. The second kappa shape index (κ2) is 6.39. The number of H-pyrrole nitrogens is 1. The number of hydrogen-bond donors (Lipinski definition) is 1. The van der Waals surface area contributed by atoms with Crippen LogP contribution in [0.4, 0.5) is 0 Å². The summed E-state index contributed by atoms with van der Waals surface area (Å²) in [6, 6.07) is 1.28. The Morgan fingerprint density at radius 2 is 2.25 bits per heavy atom. The molecule has 2 aromatic heterocycles. The van der Waals surface area contributed by atoms with E-state index in [9.17, 15) is 13.2 Å². The fourth-order valence-corrected chi connectivity index (χ4v) is 3.85. The Balaban J connectivity index is 1.94. The quantitative estimate of drug-likeness (QED) is 0.897. The van der Waals surface area contributed by atoms with Crippen LogP contribution in [0.25, 0.3) is 0 Å². The summed E-state index contributed by atoms with van der Waals surface area (Å²) >= 11 is 0. The van der Waals surface area contributed by atoms with Crippen molar-refractivity contribution < 1.29 is 17.7 Å². The van der Waals surface area contributed by atoms with Gasteiger partial charge in [-0.25, -0.2) is 8.42 Å². The Morgan fingerprint density at radius 3 is 2.92 bits per heavy atom. The molecule has 1 saturated heterocycles. The molecule has 9 heteroatoms. The molecule has 0 bridgehead atoms. The number of carbonyl (C=O) groups is 1. The number of nitrogens with one attached hydrogen (secondary N) is 1. The summed E-state index contributed by atoms with van der Waals surface area (Å²) < 4.78 is 29.0. The number of likely N-dealkylation sites (tertiary alicyclic amines) is 1. The Kier molecular flexibility index (Phi) is 4.44. The first kappa shape index (κ1) is 16.7. The lowest BCUT2D eigenvalue weighted by atomic mass is 9.99. The number of aromatic amines is 1. The molecule has 1 atom stereocenters. The van der Waals surface area contributed by atoms with Gasteiger partial charge in [-0.1, -0.05) is 12.1 Å². The zero-order chi connectivity index (χ0) is 17.3. The molecule has 1 aliphatic heterocycles. The van der Waals surface area contributed by atoms with Gasteiger partial charge in [-0.05, 0) is 19.3 Å². The van der Waals surface area contributed by atoms with E-state index in [0.717, 1.165) is 19.1 Å². The van der Waals surface area contributed by atoms with Gasteiger partial charge in [0.15, 0.2) is 15.5 Å². The number of nitrogens with zero attached hydrogens (tertiary/aromatic N) is 3. The molecule has 0 saturated carbocycles. The van der Waals surface area contributed by atoms with Crippen LogP contribution in [0.1, 0.15) is 54.2 Å². The summed E-state index contributed by atoms with van der Waals surface area (Å²) in [6.07, 6.45) is 5.55. The van der Waals surface area contributed by atoms with Crippen LogP contribution in [0.5, 0.6) is 0 Å². The summed E-state index contributed by atoms with van der Waals surface area (Å²) in [5, 5.41) is 10.5. The first-order valence-electron chi connectivity index (χ1n) is 7.91. The molecule has 1 unspecified atom stereocenters. The highest BCUT2D eigenvalue weighted by molar-refractivity contribution is 7.90. The van der Waals surface area contributed by atoms with Gasteiger partial charge in [-0.3, -0.25) is 9.89 Å². The molecule has 8 nitrogen and oxygen atoms in total. The molecule has 130 valence electrons. The van der Waals surface area contributed by atoms with Gasteiger partial charge in [0.2, 0.25) is 0 Å². The van der Waals surface area contributed by atoms with Gasteiger partial charge in [-0.15, -0.1) is 0 Å². The summed E-state index contributed by atoms with van der Waals surface area (Å²) in [4.78, 5) is 14.6. The van der Waals surface area contributed by atoms with Crippen molar-refractivity contribution in [2.75, 3.05) is 12.8 Å². The number of amides is 1. The number of aryl methyl sites for hydroxylation is 1. The van der Waals surface area contributed by atoms with E-state index < -0.39 is 9.84 Å². The van der Waals surface area contributed by atoms with Gasteiger partial charge < -0.3 is 9.42 Å². The van der Waals surface area contributed by atoms with E-state index in [4.69, 9.17) is 4.52 Å². The van der Waals surface area contributed by atoms with Crippen molar-refractivity contribution in [3.05, 3.63) is 29.4 Å². The standard InChI is InChI=1S/C15H20N4O4S/c1-3-10-8-11(18-23-10)15(20)19-7-5-4-6-12(19)14-13(9-16-17-14)24(2,21)22/h8-9,12H,3-7H2,1-2H3,(H,16,17). The lowest BCUT2D eigenvalue weighted by molar-refractivity contribution is 0.0591. The number of hydrogen-bond acceptors (Lipinski definition) is 6. The summed E-state index contributed by atoms with van der Waals surface area (Å²) in [5.41, 5.74) is 0.712. The molecule has 0 radical (unpaired) electrons. The number of sulfone groups is 1. The molecule has 2 aromatic rings. The molecule has 1 aliphatic rings. The Hall–Kier alpha value is -2.16. The Bertz CT molecular complexity index is 839. The molecule has 0 aromatic carbocycles. The fraction of sp³-hybridized carbons (Fsp3) is 0.533. The van der Waals surface area contributed by atoms with Crippen molar-refractivity contribution in [2.45, 2.75) is 43.5 Å². The maximum Gasteiger partial charge on any atom is 0.276 e. The van der Waals surface area contributed by atoms with Crippen molar-refractivity contribution in [2.24, 2.45) is 0 Å². The highest BCUT2D eigenvalue weighted by atomic mass is 32.2. The van der Waals surface area contributed by atoms with Crippen molar-refractivity contribution >= 4 is 15.7 Å². The zero-order valence-electron chi connectivity index (χ0n) is 13.7. The van der Waals surface area contributed by atoms with Crippen molar-refractivity contribution in [1.82, 2.24) is 20.3 Å². The predicted molar refractivity (Wildman–Crippen MR) is 85.2 cm³/mol. The third kappa shape index (κ3) is 3.08. The molecule has 1 fully saturated rings. The van der Waals surface area contributed by atoms with E-state index in [1.54, 1.807) is 11.0 Å². The second-order valence-corrected chi connectivity index (χ2v) is 7.95. The van der Waals surface area contributed by atoms with Gasteiger partial charge in [-0.2, -0.15) is 5.10 Å². The van der Waals surface area contributed by atoms with Gasteiger partial charge in [0.25, 0.3) is 5.91 Å². The van der Waals surface area contributed by atoms with E-state index >= 15 is 0 Å². The number of aromatic nitrogens is 3. The molecular weight excluding hydrogens is 332 g/mol. The largest absolute Gasteiger partial charge is 0.361 e. The van der Waals surface area contributed by atoms with E-state index in [1.807, 2.05) is 6.92 Å². The third-order valence-corrected chi connectivity index (χ3v) is 5.38. The van der Waals surface area contributed by atoms with Crippen LogP contribution in [-0.2, 0) is 16.3 Å². The van der Waals surface area contributed by atoms with Crippen LogP contribution in [0.15, 0.2) is 21.7 Å². The topological polar surface area (TPSA) is 109 Å². The monoisotopic (exact) mass is 352 g/mol. The normalized spacial score (nSPS) is 18.8. The summed E-state index contributed by atoms with van der Waals surface area (Å²) in [6.45, 7) is 2.46. The van der Waals surface area contributed by atoms with Crippen LogP contribution in [0.2, 0.25) is 0 Å². The number of carbonyl (C=O) groups excluding carboxylic acids is 1. The minimum absolute atomic E-state index is 0.140. The van der Waals surface area contributed by atoms with Crippen LogP contribution >= 0.6 is 0 Å². The average molecular weight is 352 g/mol. The maximum atomic E-state index is 12.8. The zero-order valence-corrected chi connectivity index (χ0v) is 14.5. The SMILES string of the molecule is CCc1cc(C(=O)N2CCCCC2c2[nH]ncc2S(C)(=O)=O)no1. The van der Waals surface area contributed by atoms with E-state index in [-0.39, 0.29) is 22.5 Å². The number of rotatable bonds is 4. The van der Waals surface area contributed by atoms with Gasteiger partial charge in [0, 0.05) is 25.3 Å². The van der Waals surface area contributed by atoms with Gasteiger partial charge in [0.05, 0.1) is 17.9 Å². The number of piperidine rings is 1. The van der Waals surface area contributed by atoms with Crippen molar-refractivity contribution in [1.29, 1.82) is 0 Å². The highest BCUT2D eigenvalue weighted by Crippen LogP contribution is 2.34. The maximum absolute atomic E-state index is 12.8. The first-order chi connectivity index (χ1) is 11.4. The van der Waals surface area contributed by atoms with Crippen molar-refractivity contribution in [3.63, 3.8) is 0 Å². The van der Waals surface area contributed by atoms with Gasteiger partial charge >= 0.3 is 0 Å². The van der Waals surface area contributed by atoms with E-state index in [1.165, 1.54) is 6.20 Å². The minimum Gasteiger partial charge on any atom is -0.361 e. The Morgan fingerprint density at radius 1 is 1.46 bits per heavy atom. The van der Waals surface area contributed by atoms with Crippen molar-refractivity contribution in [3.8, 4) is 0 Å². The first-order valence-corrected chi connectivity index (χ1v) is 9.80. The highest BCUT2D eigenvalue weighted by Gasteiger charge is 2.34. The molecule has 1 amide bonds. The van der Waals surface area contributed by atoms with E-state index in [2.05, 4.69) is 15.4 Å². The molecule has 3 heterocycles. The lowest BCUT2D eigenvalue weighted by Crippen LogP contribution is -2.39. The van der Waals surface area contributed by atoms with E-state index in [0.29, 0.717) is 30.8 Å². The summed E-state index contributed by atoms with van der Waals surface area (Å²) in [5.74, 6) is 0.391. The molecule has 0 aliphatic carbocycles. The third-order valence-electron chi connectivity index (χ3n) is 4.26. The summed E-state index contributed by atoms with van der Waals surface area (Å²) in [7, 11) is -3.42. The average Bonchev–Trinajstić information content (AvgIpc) is 3.22. The molecular formula is C15H20N4O4S. The van der Waals surface area contributed by atoms with Crippen LogP contribution in [0, 0.1) is 0 Å².